The molecule has 2 aromatic heterocycles. The normalized spacial score (nSPS) is 10.3. The molecule has 0 saturated heterocycles. The number of hydrogen-bond acceptors (Lipinski definition) is 35. The number of aryl methyl sites for hydroxylation is 2. The number of aliphatic imine (C=N–C) groups is 2. The number of aromatic hydroxyl groups is 1. The number of benzene rings is 12. The number of aromatic nitrogens is 4. The summed E-state index contributed by atoms with van der Waals surface area (Å²) in [5.74, 6) is 1.42. The van der Waals surface area contributed by atoms with Crippen LogP contribution in [0.15, 0.2) is 259 Å². The maximum absolute atomic E-state index is 13.9. The molecule has 6 amide bonds. The minimum absolute atomic E-state index is 0. The molecular weight excluding hydrogens is 2050 g/mol. The number of ether oxygens (including phenoxy) is 8. The molecule has 59 heteroatoms. The summed E-state index contributed by atoms with van der Waals surface area (Å²) in [6.45, 7) is 0. The van der Waals surface area contributed by atoms with Gasteiger partial charge in [-0.1, -0.05) is 11.8 Å². The molecule has 0 unspecified atom stereocenters. The van der Waals surface area contributed by atoms with Crippen LogP contribution < -0.4 is 97.6 Å². The Morgan fingerprint density at radius 3 is 1.23 bits per heavy atom. The van der Waals surface area contributed by atoms with Crippen LogP contribution in [0.3, 0.4) is 0 Å². The molecule has 782 valence electrons. The van der Waals surface area contributed by atoms with Crippen LogP contribution in [-0.4, -0.2) is 137 Å². The van der Waals surface area contributed by atoms with Gasteiger partial charge in [-0.05, 0) is 188 Å². The first-order valence-electron chi connectivity index (χ1n) is 40.8. The van der Waals surface area contributed by atoms with Crippen LogP contribution >= 0.6 is 11.8 Å². The predicted molar refractivity (Wildman–Crippen MR) is 525 cm³/mol. The van der Waals surface area contributed by atoms with E-state index >= 15 is 0 Å². The first kappa shape index (κ1) is 119. The molecule has 150 heavy (non-hydrogen) atoms. The van der Waals surface area contributed by atoms with Gasteiger partial charge in [0.1, 0.15) is 91.9 Å². The molecule has 0 radical (unpaired) electrons. The Balaban J connectivity index is 0.000000374. The number of nitrogens with one attached hydrogen (secondary N) is 6. The maximum atomic E-state index is 13.9. The van der Waals surface area contributed by atoms with E-state index < -0.39 is 112 Å². The van der Waals surface area contributed by atoms with Gasteiger partial charge in [0, 0.05) is 82.5 Å². The standard InChI is InChI=1S/C24H19F4N5O4.C16H16N4O3.C13H11N3O5.C12H9N3O5.C8H3F4NO.C6H4FNO2.C6H10N2O4S.C6H6N2O3.Na.H2.H/c1-33-20-10-8-16(12-19(20)30-21(33)32-23(35)36-2)37-15-6-4-14(5-7-15)29-22(34)31-18-11-13(24(26,27)28)3-9-17(18)25;1-20-14-8-7-12(23-11-5-3-10(17)4-6-11)9-13(14)18-15(20)19-16(21)22-2;1-14-12-7-6-11(8-13(12)16(19)20)21-10-4-2-9(3-5-10)15(17)18;13-11-6-5-10(7-12(11)15(18)19)20-9-3-1-8(2-4-9)14(16)17;9-6-2-1-5(8(10,11)12)3-7(6)13-4-14;7-5-1-3-6(4-2-5)8(9)10;1-11-5(9)7-4(13-3)8-6(10)12-2;7-5-2-1-4(9)3-6(5)8(10)11;;;/h3-12H,1-2H3,(H2,29,31,34)(H,30,32,35);3-9H,17H2,1-2H3,(H,18,19,21);2-8,14H,1H3;1-7H,13H2;1-3H;1-4H;1-3H3,(H,7,8,9,10);1-3,9H,7H2;;1H;/q;;;;;;;;+1;;-1. The van der Waals surface area contributed by atoms with Gasteiger partial charge in [-0.2, -0.15) is 36.3 Å². The molecule has 0 spiro atoms. The Morgan fingerprint density at radius 1 is 0.447 bits per heavy atom. The van der Waals surface area contributed by atoms with Gasteiger partial charge in [0.25, 0.3) is 34.1 Å². The number of nitrogens with zero attached hydrogens (tertiary/aromatic N) is 12. The van der Waals surface area contributed by atoms with Gasteiger partial charge in [0.05, 0.1) is 115 Å². The van der Waals surface area contributed by atoms with Gasteiger partial charge in [-0.3, -0.25) is 76.6 Å². The second-order valence-electron chi connectivity index (χ2n) is 28.3. The van der Waals surface area contributed by atoms with Gasteiger partial charge in [0.2, 0.25) is 18.0 Å². The number of halogens is 9. The fourth-order valence-corrected chi connectivity index (χ4v) is 11.5. The van der Waals surface area contributed by atoms with E-state index in [0.717, 1.165) is 59.2 Å². The monoisotopic (exact) mass is 2130 g/mol. The molecule has 2 heterocycles. The summed E-state index contributed by atoms with van der Waals surface area (Å²) < 4.78 is 157. The summed E-state index contributed by atoms with van der Waals surface area (Å²) in [5, 5.41) is 86.4. The van der Waals surface area contributed by atoms with Crippen LogP contribution in [0.5, 0.6) is 51.7 Å². The minimum atomic E-state index is -4.68. The topological polar surface area (TPSA) is 666 Å². The number of non-ortho nitro benzene ring substituents is 3. The van der Waals surface area contributed by atoms with Crippen molar-refractivity contribution in [2.24, 2.45) is 24.1 Å². The summed E-state index contributed by atoms with van der Waals surface area (Å²) in [7, 11) is 10.1. The summed E-state index contributed by atoms with van der Waals surface area (Å²) in [6, 6.07) is 53.4. The number of carbonyl (C=O) groups is 5. The van der Waals surface area contributed by atoms with Gasteiger partial charge < -0.3 is 86.7 Å². The second kappa shape index (κ2) is 56.5. The van der Waals surface area contributed by atoms with Crippen LogP contribution in [0.1, 0.15) is 14.0 Å². The number of imidazole rings is 2. The van der Waals surface area contributed by atoms with E-state index in [-0.39, 0.29) is 112 Å². The number of anilines is 8. The van der Waals surface area contributed by atoms with Crippen molar-refractivity contribution < 1.29 is 173 Å². The number of amidine groups is 1. The molecule has 0 aliphatic heterocycles. The van der Waals surface area contributed by atoms with Crippen molar-refractivity contribution in [1.82, 2.24) is 24.4 Å². The van der Waals surface area contributed by atoms with Crippen molar-refractivity contribution in [3.05, 3.63) is 338 Å². The first-order valence-corrected chi connectivity index (χ1v) is 42.1. The number of nitrogen functional groups attached to an aromatic ring is 3. The molecule has 0 bridgehead atoms. The van der Waals surface area contributed by atoms with Crippen LogP contribution in [0.4, 0.5) is 149 Å². The van der Waals surface area contributed by atoms with Gasteiger partial charge in [-0.25, -0.2) is 51.9 Å². The quantitative estimate of drug-likeness (QED) is 0.00324. The van der Waals surface area contributed by atoms with Crippen LogP contribution in [0.25, 0.3) is 22.1 Å². The number of fused-ring (bicyclic) bond motifs is 2. The van der Waals surface area contributed by atoms with Crippen LogP contribution in [-0.2, 0) is 50.2 Å². The number of phenols is 1. The number of nitro groups is 6. The van der Waals surface area contributed by atoms with Crippen molar-refractivity contribution in [1.29, 1.82) is 0 Å². The molecule has 0 fully saturated rings. The molecule has 14 rings (SSSR count). The molecule has 12 aromatic carbocycles. The molecule has 0 aliphatic carbocycles. The maximum Gasteiger partial charge on any atom is 1.00 e. The Labute approximate surface area is 866 Å². The van der Waals surface area contributed by atoms with Crippen molar-refractivity contribution >= 4 is 161 Å². The molecule has 0 saturated carbocycles. The fourth-order valence-electron chi connectivity index (χ4n) is 11.2. The third kappa shape index (κ3) is 37.3. The Morgan fingerprint density at radius 2 is 0.827 bits per heavy atom. The number of isocyanates is 1. The number of alkyl halides is 6. The number of amides is 6. The number of thioether (sulfide) groups is 1. The van der Waals surface area contributed by atoms with Crippen molar-refractivity contribution in [2.75, 3.05) is 85.5 Å². The second-order valence-corrected chi connectivity index (χ2v) is 29.1. The van der Waals surface area contributed by atoms with E-state index in [0.29, 0.717) is 99.3 Å². The average Bonchev–Trinajstić information content (AvgIpc) is 1.64. The fraction of sp³-hybridized carbons (Fsp3) is 0.110. The summed E-state index contributed by atoms with van der Waals surface area (Å²) >= 11 is 1.09. The smallest absolute Gasteiger partial charge is 1.00 e. The van der Waals surface area contributed by atoms with E-state index in [1.54, 1.807) is 103 Å². The summed E-state index contributed by atoms with van der Waals surface area (Å²) in [6.07, 6.45) is -9.33. The SMILES string of the molecule is CNc1ccc(Oc2ccc([N+](=O)[O-])cc2)cc1[N+](=O)[O-].COC(=O)N=C(NC(=O)OC)SC.COC(=O)Nc1nc2cc(Oc3ccc(N)cc3)ccc2n1C.COC(=O)Nc1nc2cc(Oc3ccc(NC(=O)Nc4cc(C(F)(F)F)ccc4F)cc3)ccc2n1C.Nc1ccc(O)cc1[N+](=O)[O-].Nc1ccc(Oc2ccc([N+](=O)[O-])cc2)cc1[N+](=O)[O-].O=C=Nc1cc(C(F)(F)F)ccc1F.O=[N+]([O-])c1ccc(F)cc1.[H-].[HH].[Na+]. The van der Waals surface area contributed by atoms with Crippen LogP contribution in [0.2, 0.25) is 0 Å². The number of nitro benzene ring substituents is 6. The van der Waals surface area contributed by atoms with Gasteiger partial charge in [-0.15, -0.1) is 0 Å². The molecule has 48 nitrogen and oxygen atoms in total. The minimum Gasteiger partial charge on any atom is -1.00 e. The van der Waals surface area contributed by atoms with Gasteiger partial charge in [0.15, 0.2) is 5.17 Å². The molecule has 13 N–H and O–H groups in total. The van der Waals surface area contributed by atoms with Crippen molar-refractivity contribution in [3.63, 3.8) is 0 Å². The van der Waals surface area contributed by atoms with Crippen molar-refractivity contribution in [2.45, 2.75) is 12.4 Å². The van der Waals surface area contributed by atoms with E-state index in [4.69, 9.17) is 41.3 Å². The number of nitrogens with two attached hydrogens (primary N) is 3. The number of urea groups is 1. The number of hydrogen-bond donors (Lipinski definition) is 10. The number of carbonyl (C=O) groups excluding carboxylic acids is 6. The molecule has 0 atom stereocenters. The van der Waals surface area contributed by atoms with Crippen LogP contribution in [0, 0.1) is 78.1 Å². The molecule has 14 aromatic rings. The molecular formula is C91H81F9N21NaO27S. The van der Waals surface area contributed by atoms with E-state index in [9.17, 15) is 129 Å². The van der Waals surface area contributed by atoms with Crippen molar-refractivity contribution in [3.8, 4) is 51.7 Å². The zero-order chi connectivity index (χ0) is 110. The Hall–Kier alpha value is -19.5. The van der Waals surface area contributed by atoms with Gasteiger partial charge >= 0.3 is 72.3 Å². The van der Waals surface area contributed by atoms with E-state index in [1.807, 2.05) is 12.1 Å². The Bertz CT molecular complexity index is 7290. The molecule has 0 aliphatic rings. The number of alkyl carbamates (subject to hydrolysis) is 1. The third-order valence-electron chi connectivity index (χ3n) is 18.4. The zero-order valence-electron chi connectivity index (χ0n) is 79.6. The number of rotatable bonds is 20. The zero-order valence-corrected chi connectivity index (χ0v) is 81.5. The summed E-state index contributed by atoms with van der Waals surface area (Å²) in [4.78, 5) is 140. The average molecular weight is 2130 g/mol. The number of methoxy groups -OCH3 is 4. The Kier molecular flexibility index (Phi) is 44.9. The first-order chi connectivity index (χ1) is 70.5. The predicted octanol–water partition coefficient (Wildman–Crippen LogP) is 19.3. The largest absolute Gasteiger partial charge is 1.00 e. The summed E-state index contributed by atoms with van der Waals surface area (Å²) in [5.41, 5.74) is 16.3. The number of phenolic OH excluding ortho intramolecular Hbond substituents is 1. The van der Waals surface area contributed by atoms with E-state index in [2.05, 4.69) is 70.8 Å². The third-order valence-corrected chi connectivity index (χ3v) is 18.9. The van der Waals surface area contributed by atoms with E-state index in [1.165, 1.54) is 132 Å².